The van der Waals surface area contributed by atoms with Crippen molar-refractivity contribution in [3.05, 3.63) is 53.6 Å². The van der Waals surface area contributed by atoms with Crippen LogP contribution in [0.4, 0.5) is 4.39 Å². The van der Waals surface area contributed by atoms with Crippen LogP contribution in [0, 0.1) is 5.82 Å². The maximum absolute atomic E-state index is 14.2. The van der Waals surface area contributed by atoms with E-state index in [-0.39, 0.29) is 18.1 Å². The maximum atomic E-state index is 14.2. The topological polar surface area (TPSA) is 39.5 Å². The molecule has 0 N–H and O–H groups in total. The van der Waals surface area contributed by atoms with E-state index in [0.717, 1.165) is 56.7 Å². The molecule has 3 heterocycles. The standard InChI is InChI=1S/C21H28FN3O2/c22-20-8-2-1-6-17(20)14-24(16-19-7-5-13-26-19)15-18-10-11-23-25(18)21-9-3-4-12-27-21/h1-2,6,8,10-11,19,21H,3-5,7,9,12-16H2. The van der Waals surface area contributed by atoms with Crippen LogP contribution in [-0.2, 0) is 22.6 Å². The summed E-state index contributed by atoms with van der Waals surface area (Å²) in [6.45, 7) is 3.67. The highest BCUT2D eigenvalue weighted by atomic mass is 19.1. The normalized spacial score (nSPS) is 23.2. The van der Waals surface area contributed by atoms with E-state index in [0.29, 0.717) is 13.1 Å². The summed E-state index contributed by atoms with van der Waals surface area (Å²) >= 11 is 0. The van der Waals surface area contributed by atoms with Crippen LogP contribution in [0.1, 0.15) is 49.6 Å². The summed E-state index contributed by atoms with van der Waals surface area (Å²) in [4.78, 5) is 2.27. The van der Waals surface area contributed by atoms with Gasteiger partial charge in [0.05, 0.1) is 11.8 Å². The Morgan fingerprint density at radius 1 is 1.04 bits per heavy atom. The van der Waals surface area contributed by atoms with Gasteiger partial charge in [0.25, 0.3) is 0 Å². The van der Waals surface area contributed by atoms with Gasteiger partial charge >= 0.3 is 0 Å². The molecule has 0 spiro atoms. The molecule has 4 rings (SSSR count). The van der Waals surface area contributed by atoms with E-state index in [4.69, 9.17) is 9.47 Å². The molecule has 0 aliphatic carbocycles. The molecule has 0 bridgehead atoms. The number of benzene rings is 1. The monoisotopic (exact) mass is 373 g/mol. The molecule has 2 aromatic rings. The molecule has 2 aliphatic rings. The van der Waals surface area contributed by atoms with Crippen molar-refractivity contribution in [1.29, 1.82) is 0 Å². The van der Waals surface area contributed by atoms with Crippen molar-refractivity contribution in [2.45, 2.75) is 57.5 Å². The molecule has 5 nitrogen and oxygen atoms in total. The predicted octanol–water partition coefficient (Wildman–Crippen LogP) is 3.90. The zero-order valence-electron chi connectivity index (χ0n) is 15.7. The number of hydrogen-bond acceptors (Lipinski definition) is 4. The number of rotatable bonds is 7. The van der Waals surface area contributed by atoms with E-state index in [2.05, 4.69) is 10.00 Å². The fourth-order valence-corrected chi connectivity index (χ4v) is 4.00. The van der Waals surface area contributed by atoms with Gasteiger partial charge in [0.1, 0.15) is 5.82 Å². The molecule has 0 saturated carbocycles. The first-order valence-electron chi connectivity index (χ1n) is 10.0. The molecule has 1 aromatic heterocycles. The lowest BCUT2D eigenvalue weighted by Gasteiger charge is -2.28. The van der Waals surface area contributed by atoms with Crippen molar-refractivity contribution >= 4 is 0 Å². The number of hydrogen-bond donors (Lipinski definition) is 0. The zero-order valence-corrected chi connectivity index (χ0v) is 15.7. The van der Waals surface area contributed by atoms with Crippen molar-refractivity contribution in [1.82, 2.24) is 14.7 Å². The van der Waals surface area contributed by atoms with E-state index in [9.17, 15) is 4.39 Å². The first-order chi connectivity index (χ1) is 13.3. The van der Waals surface area contributed by atoms with Crippen molar-refractivity contribution < 1.29 is 13.9 Å². The van der Waals surface area contributed by atoms with E-state index >= 15 is 0 Å². The minimum absolute atomic E-state index is 0.0155. The maximum Gasteiger partial charge on any atom is 0.150 e. The first kappa shape index (κ1) is 18.6. The summed E-state index contributed by atoms with van der Waals surface area (Å²) < 4.78 is 28.0. The molecule has 0 radical (unpaired) electrons. The highest BCUT2D eigenvalue weighted by Gasteiger charge is 2.23. The van der Waals surface area contributed by atoms with E-state index < -0.39 is 0 Å². The summed E-state index contributed by atoms with van der Waals surface area (Å²) in [5, 5.41) is 4.51. The average molecular weight is 373 g/mol. The summed E-state index contributed by atoms with van der Waals surface area (Å²) in [6, 6.07) is 9.06. The van der Waals surface area contributed by atoms with E-state index in [1.165, 1.54) is 12.5 Å². The van der Waals surface area contributed by atoms with Gasteiger partial charge in [-0.15, -0.1) is 0 Å². The molecule has 6 heteroatoms. The quantitative estimate of drug-likeness (QED) is 0.738. The van der Waals surface area contributed by atoms with Gasteiger partial charge in [-0.2, -0.15) is 5.10 Å². The van der Waals surface area contributed by atoms with Crippen LogP contribution in [0.25, 0.3) is 0 Å². The third-order valence-corrected chi connectivity index (χ3v) is 5.40. The number of aromatic nitrogens is 2. The van der Waals surface area contributed by atoms with E-state index in [1.807, 2.05) is 29.1 Å². The van der Waals surface area contributed by atoms with Gasteiger partial charge in [-0.1, -0.05) is 18.2 Å². The van der Waals surface area contributed by atoms with Gasteiger partial charge in [0, 0.05) is 44.6 Å². The Labute approximate surface area is 160 Å². The Balaban J connectivity index is 1.50. The van der Waals surface area contributed by atoms with Crippen LogP contribution < -0.4 is 0 Å². The summed E-state index contributed by atoms with van der Waals surface area (Å²) in [7, 11) is 0. The minimum Gasteiger partial charge on any atom is -0.377 e. The van der Waals surface area contributed by atoms with Crippen LogP contribution in [0.5, 0.6) is 0 Å². The highest BCUT2D eigenvalue weighted by Crippen LogP contribution is 2.25. The summed E-state index contributed by atoms with van der Waals surface area (Å²) in [6.07, 6.45) is 7.52. The van der Waals surface area contributed by atoms with Gasteiger partial charge < -0.3 is 9.47 Å². The second-order valence-electron chi connectivity index (χ2n) is 7.48. The summed E-state index contributed by atoms with van der Waals surface area (Å²) in [5.41, 5.74) is 1.83. The molecule has 2 atom stereocenters. The predicted molar refractivity (Wildman–Crippen MR) is 101 cm³/mol. The zero-order chi connectivity index (χ0) is 18.5. The Morgan fingerprint density at radius 3 is 2.70 bits per heavy atom. The van der Waals surface area contributed by atoms with Gasteiger partial charge in [-0.3, -0.25) is 4.90 Å². The van der Waals surface area contributed by atoms with Crippen molar-refractivity contribution in [2.75, 3.05) is 19.8 Å². The molecule has 1 aromatic carbocycles. The lowest BCUT2D eigenvalue weighted by atomic mass is 10.1. The van der Waals surface area contributed by atoms with Gasteiger partial charge in [-0.25, -0.2) is 9.07 Å². The van der Waals surface area contributed by atoms with E-state index in [1.54, 1.807) is 6.07 Å². The van der Waals surface area contributed by atoms with Crippen LogP contribution in [0.15, 0.2) is 36.5 Å². The third kappa shape index (κ3) is 4.75. The molecule has 27 heavy (non-hydrogen) atoms. The third-order valence-electron chi connectivity index (χ3n) is 5.40. The fourth-order valence-electron chi connectivity index (χ4n) is 4.00. The van der Waals surface area contributed by atoms with Gasteiger partial charge in [0.15, 0.2) is 6.23 Å². The second-order valence-corrected chi connectivity index (χ2v) is 7.48. The lowest BCUT2D eigenvalue weighted by molar-refractivity contribution is -0.0424. The van der Waals surface area contributed by atoms with Crippen molar-refractivity contribution in [3.63, 3.8) is 0 Å². The Kier molecular flexibility index (Phi) is 6.17. The van der Waals surface area contributed by atoms with Gasteiger partial charge in [0.2, 0.25) is 0 Å². The van der Waals surface area contributed by atoms with Crippen molar-refractivity contribution in [2.24, 2.45) is 0 Å². The van der Waals surface area contributed by atoms with Crippen LogP contribution in [0.2, 0.25) is 0 Å². The molecule has 2 fully saturated rings. The largest absolute Gasteiger partial charge is 0.377 e. The number of nitrogens with zero attached hydrogens (tertiary/aromatic N) is 3. The molecule has 0 amide bonds. The average Bonchev–Trinajstić information content (AvgIpc) is 3.36. The molecule has 2 unspecified atom stereocenters. The smallest absolute Gasteiger partial charge is 0.150 e. The van der Waals surface area contributed by atoms with Gasteiger partial charge in [-0.05, 0) is 44.2 Å². The fraction of sp³-hybridized carbons (Fsp3) is 0.571. The van der Waals surface area contributed by atoms with Crippen molar-refractivity contribution in [3.8, 4) is 0 Å². The minimum atomic E-state index is -0.154. The Hall–Kier alpha value is -1.76. The molecule has 2 saturated heterocycles. The highest BCUT2D eigenvalue weighted by molar-refractivity contribution is 5.17. The molecule has 146 valence electrons. The second kappa shape index (κ2) is 8.95. The summed E-state index contributed by atoms with van der Waals surface area (Å²) in [5.74, 6) is -0.154. The molecular weight excluding hydrogens is 345 g/mol. The number of halogens is 1. The Bertz CT molecular complexity index is 724. The Morgan fingerprint density at radius 2 is 1.93 bits per heavy atom. The van der Waals surface area contributed by atoms with Crippen LogP contribution in [0.3, 0.4) is 0 Å². The lowest BCUT2D eigenvalue weighted by Crippen LogP contribution is -2.33. The van der Waals surface area contributed by atoms with Crippen LogP contribution in [-0.4, -0.2) is 40.5 Å². The molecular formula is C21H28FN3O2. The first-order valence-corrected chi connectivity index (χ1v) is 10.0. The SMILES string of the molecule is Fc1ccccc1CN(Cc1ccnn1C1CCCCO1)CC1CCCO1. The molecule has 2 aliphatic heterocycles. The number of ether oxygens (including phenoxy) is 2. The van der Waals surface area contributed by atoms with Crippen LogP contribution >= 0.6 is 0 Å².